The number of hydrazone groups is 1. The van der Waals surface area contributed by atoms with E-state index in [9.17, 15) is 14.9 Å². The van der Waals surface area contributed by atoms with Crippen molar-refractivity contribution in [3.05, 3.63) is 85.3 Å². The van der Waals surface area contributed by atoms with Crippen LogP contribution in [0.25, 0.3) is 21.4 Å². The van der Waals surface area contributed by atoms with E-state index in [1.165, 1.54) is 29.7 Å². The van der Waals surface area contributed by atoms with Gasteiger partial charge in [0.05, 0.1) is 21.6 Å². The number of aromatic nitrogens is 1. The van der Waals surface area contributed by atoms with Crippen LogP contribution < -0.4 is 11.1 Å². The summed E-state index contributed by atoms with van der Waals surface area (Å²) >= 11 is 4.64. The Labute approximate surface area is 175 Å². The van der Waals surface area contributed by atoms with Crippen molar-refractivity contribution < 1.29 is 9.34 Å². The molecule has 0 aliphatic rings. The van der Waals surface area contributed by atoms with Crippen molar-refractivity contribution in [2.45, 2.75) is 0 Å². The minimum absolute atomic E-state index is 0.0137. The van der Waals surface area contributed by atoms with Crippen molar-refractivity contribution in [1.29, 1.82) is 0 Å². The lowest BCUT2D eigenvalue weighted by Crippen LogP contribution is -2.01. The highest BCUT2D eigenvalue weighted by Gasteiger charge is 2.12. The maximum atomic E-state index is 12.3. The van der Waals surface area contributed by atoms with Gasteiger partial charge in [-0.15, -0.1) is 0 Å². The zero-order valence-corrected chi connectivity index (χ0v) is 16.9. The van der Waals surface area contributed by atoms with Crippen LogP contribution in [-0.2, 0) is 0 Å². The molecule has 4 aromatic rings. The summed E-state index contributed by atoms with van der Waals surface area (Å²) in [6.07, 6.45) is 3.02. The average Bonchev–Trinajstić information content (AvgIpc) is 3.16. The molecule has 1 N–H and O–H groups in total. The molecule has 29 heavy (non-hydrogen) atoms. The fraction of sp³-hybridized carbons (Fsp3) is 0. The van der Waals surface area contributed by atoms with Crippen LogP contribution >= 0.6 is 27.3 Å². The van der Waals surface area contributed by atoms with Gasteiger partial charge >= 0.3 is 5.63 Å². The van der Waals surface area contributed by atoms with Gasteiger partial charge in [0, 0.05) is 33.8 Å². The van der Waals surface area contributed by atoms with Gasteiger partial charge < -0.3 is 4.42 Å². The number of nitro groups is 1. The first-order valence-electron chi connectivity index (χ1n) is 8.23. The number of rotatable bonds is 5. The fourth-order valence-electron chi connectivity index (χ4n) is 2.60. The lowest BCUT2D eigenvalue weighted by molar-refractivity contribution is -0.384. The molecule has 0 atom stereocenters. The highest BCUT2D eigenvalue weighted by molar-refractivity contribution is 9.10. The van der Waals surface area contributed by atoms with E-state index in [-0.39, 0.29) is 5.69 Å². The summed E-state index contributed by atoms with van der Waals surface area (Å²) in [4.78, 5) is 27.5. The Balaban J connectivity index is 1.55. The second-order valence-corrected chi connectivity index (χ2v) is 7.83. The first-order valence-corrected chi connectivity index (χ1v) is 9.84. The summed E-state index contributed by atoms with van der Waals surface area (Å²) in [5, 5.41) is 16.1. The SMILES string of the molecule is O=c1oc2ccc(Br)cc2cc1-c1cnc(N/N=C/c2cccc([N+](=O)[O-])c2)s1. The summed E-state index contributed by atoms with van der Waals surface area (Å²) < 4.78 is 6.26. The van der Waals surface area contributed by atoms with Crippen molar-refractivity contribution in [2.24, 2.45) is 5.10 Å². The quantitative estimate of drug-likeness (QED) is 0.189. The molecule has 0 aliphatic carbocycles. The maximum absolute atomic E-state index is 12.3. The number of hydrogen-bond acceptors (Lipinski definition) is 8. The number of fused-ring (bicyclic) bond motifs is 1. The van der Waals surface area contributed by atoms with E-state index in [2.05, 4.69) is 31.4 Å². The fourth-order valence-corrected chi connectivity index (χ4v) is 3.75. The number of hydrogen-bond donors (Lipinski definition) is 1. The van der Waals surface area contributed by atoms with Gasteiger partial charge in [0.2, 0.25) is 5.13 Å². The molecule has 0 aliphatic heterocycles. The zero-order chi connectivity index (χ0) is 20.4. The molecule has 8 nitrogen and oxygen atoms in total. The lowest BCUT2D eigenvalue weighted by atomic mass is 10.2. The first kappa shape index (κ1) is 19.0. The Morgan fingerprint density at radius 3 is 2.93 bits per heavy atom. The van der Waals surface area contributed by atoms with Crippen LogP contribution in [0.2, 0.25) is 0 Å². The molecular weight excluding hydrogens is 460 g/mol. The van der Waals surface area contributed by atoms with E-state index in [1.807, 2.05) is 6.07 Å². The minimum atomic E-state index is -0.467. The van der Waals surface area contributed by atoms with Crippen molar-refractivity contribution in [3.8, 4) is 10.4 Å². The second kappa shape index (κ2) is 7.94. The molecule has 0 amide bonds. The van der Waals surface area contributed by atoms with Gasteiger partial charge in [-0.25, -0.2) is 9.78 Å². The zero-order valence-electron chi connectivity index (χ0n) is 14.5. The number of anilines is 1. The third kappa shape index (κ3) is 4.23. The molecule has 0 saturated heterocycles. The predicted octanol–water partition coefficient (Wildman–Crippen LogP) is 5.03. The van der Waals surface area contributed by atoms with Crippen LogP contribution in [-0.4, -0.2) is 16.1 Å². The van der Waals surface area contributed by atoms with Gasteiger partial charge in [0.1, 0.15) is 5.58 Å². The van der Waals surface area contributed by atoms with Crippen LogP contribution in [0.5, 0.6) is 0 Å². The van der Waals surface area contributed by atoms with E-state index >= 15 is 0 Å². The van der Waals surface area contributed by atoms with Crippen LogP contribution in [0, 0.1) is 10.1 Å². The van der Waals surface area contributed by atoms with Gasteiger partial charge in [0.15, 0.2) is 0 Å². The van der Waals surface area contributed by atoms with Crippen molar-refractivity contribution in [2.75, 3.05) is 5.43 Å². The van der Waals surface area contributed by atoms with Crippen LogP contribution in [0.3, 0.4) is 0 Å². The molecule has 2 aromatic heterocycles. The van der Waals surface area contributed by atoms with Crippen molar-refractivity contribution in [1.82, 2.24) is 4.98 Å². The number of halogens is 1. The minimum Gasteiger partial charge on any atom is -0.422 e. The Morgan fingerprint density at radius 2 is 2.10 bits per heavy atom. The van der Waals surface area contributed by atoms with Crippen molar-refractivity contribution in [3.63, 3.8) is 0 Å². The van der Waals surface area contributed by atoms with Crippen LogP contribution in [0.4, 0.5) is 10.8 Å². The van der Waals surface area contributed by atoms with E-state index in [0.717, 1.165) is 9.86 Å². The molecule has 0 bridgehead atoms. The number of nitro benzene ring substituents is 1. The summed E-state index contributed by atoms with van der Waals surface area (Å²) in [6.45, 7) is 0. The topological polar surface area (TPSA) is 111 Å². The second-order valence-electron chi connectivity index (χ2n) is 5.88. The molecule has 0 radical (unpaired) electrons. The van der Waals surface area contributed by atoms with Crippen LogP contribution in [0.15, 0.2) is 73.5 Å². The number of nitrogens with zero attached hydrogens (tertiary/aromatic N) is 3. The smallest absolute Gasteiger partial charge is 0.345 e. The Hall–Kier alpha value is -3.37. The molecule has 2 heterocycles. The molecule has 0 fully saturated rings. The average molecular weight is 471 g/mol. The first-order chi connectivity index (χ1) is 14.0. The molecule has 2 aromatic carbocycles. The number of non-ortho nitro benzene ring substituents is 1. The molecule has 10 heteroatoms. The molecular formula is C19H11BrN4O4S. The van der Waals surface area contributed by atoms with Gasteiger partial charge in [0.25, 0.3) is 5.69 Å². The lowest BCUT2D eigenvalue weighted by Gasteiger charge is -2.00. The van der Waals surface area contributed by atoms with E-state index in [1.54, 1.807) is 36.5 Å². The third-order valence-corrected chi connectivity index (χ3v) is 5.35. The molecule has 0 saturated carbocycles. The summed E-state index contributed by atoms with van der Waals surface area (Å²) in [5.74, 6) is 0. The highest BCUT2D eigenvalue weighted by atomic mass is 79.9. The van der Waals surface area contributed by atoms with Gasteiger partial charge in [-0.1, -0.05) is 39.4 Å². The summed E-state index contributed by atoms with van der Waals surface area (Å²) in [6, 6.07) is 13.3. The number of benzene rings is 2. The Bertz CT molecular complexity index is 1320. The largest absolute Gasteiger partial charge is 0.422 e. The van der Waals surface area contributed by atoms with Gasteiger partial charge in [-0.2, -0.15) is 5.10 Å². The van der Waals surface area contributed by atoms with Gasteiger partial charge in [-0.3, -0.25) is 15.5 Å². The normalized spacial score (nSPS) is 11.2. The van der Waals surface area contributed by atoms with E-state index in [4.69, 9.17) is 4.42 Å². The molecule has 144 valence electrons. The van der Waals surface area contributed by atoms with Gasteiger partial charge in [-0.05, 0) is 24.3 Å². The van der Waals surface area contributed by atoms with E-state index < -0.39 is 10.5 Å². The van der Waals surface area contributed by atoms with Crippen molar-refractivity contribution >= 4 is 55.3 Å². The number of thiazole rings is 1. The maximum Gasteiger partial charge on any atom is 0.345 e. The summed E-state index contributed by atoms with van der Waals surface area (Å²) in [7, 11) is 0. The van der Waals surface area contributed by atoms with Crippen LogP contribution in [0.1, 0.15) is 5.56 Å². The summed E-state index contributed by atoms with van der Waals surface area (Å²) in [5.41, 5.74) is 3.79. The van der Waals surface area contributed by atoms with E-state index in [0.29, 0.717) is 26.7 Å². The predicted molar refractivity (Wildman–Crippen MR) is 116 cm³/mol. The third-order valence-electron chi connectivity index (χ3n) is 3.92. The Morgan fingerprint density at radius 1 is 1.24 bits per heavy atom. The highest BCUT2D eigenvalue weighted by Crippen LogP contribution is 2.29. The molecule has 0 unspecified atom stereocenters. The Kier molecular flexibility index (Phi) is 5.19. The monoisotopic (exact) mass is 470 g/mol. The standard InChI is InChI=1S/C19H11BrN4O4S/c20-13-4-5-16-12(7-13)8-15(18(25)28-16)17-10-21-19(29-17)23-22-9-11-2-1-3-14(6-11)24(26)27/h1-10H,(H,21,23)/b22-9+. The molecule has 4 rings (SSSR count). The molecule has 0 spiro atoms. The number of nitrogens with one attached hydrogen (secondary N) is 1.